The van der Waals surface area contributed by atoms with Crippen molar-refractivity contribution in [3.63, 3.8) is 0 Å². The van der Waals surface area contributed by atoms with Gasteiger partial charge in [-0.25, -0.2) is 19.6 Å². The van der Waals surface area contributed by atoms with Crippen LogP contribution in [0.15, 0.2) is 84.3 Å². The number of piperidine rings is 1. The normalized spacial score (nSPS) is 15.0. The van der Waals surface area contributed by atoms with Crippen LogP contribution in [-0.4, -0.2) is 63.9 Å². The van der Waals surface area contributed by atoms with Crippen molar-refractivity contribution in [1.29, 1.82) is 0 Å². The van der Waals surface area contributed by atoms with Gasteiger partial charge in [-0.2, -0.15) is 18.3 Å². The van der Waals surface area contributed by atoms with Crippen LogP contribution in [0.5, 0.6) is 11.8 Å². The van der Waals surface area contributed by atoms with E-state index < -0.39 is 22.9 Å². The lowest BCUT2D eigenvalue weighted by atomic mass is 9.91. The number of likely N-dealkylation sites (tertiary alicyclic amines) is 1. The summed E-state index contributed by atoms with van der Waals surface area (Å²) < 4.78 is 46.9. The molecule has 5 aromatic rings. The molecule has 1 aliphatic heterocycles. The molecule has 0 spiro atoms. The number of aromatic nitrogens is 6. The maximum Gasteiger partial charge on any atom is 0.416 e. The van der Waals surface area contributed by atoms with E-state index in [4.69, 9.17) is 4.74 Å². The minimum atomic E-state index is -4.47. The third-order valence-electron chi connectivity index (χ3n) is 7.29. The molecule has 0 radical (unpaired) electrons. The van der Waals surface area contributed by atoms with Crippen molar-refractivity contribution >= 4 is 16.9 Å². The van der Waals surface area contributed by atoms with Gasteiger partial charge >= 0.3 is 12.2 Å². The van der Waals surface area contributed by atoms with Gasteiger partial charge in [0.15, 0.2) is 5.65 Å². The van der Waals surface area contributed by atoms with Crippen LogP contribution in [-0.2, 0) is 12.7 Å². The fraction of sp³-hybridized carbons (Fsp3) is 0.241. The first-order chi connectivity index (χ1) is 20.6. The predicted molar refractivity (Wildman–Crippen MR) is 147 cm³/mol. The smallest absolute Gasteiger partial charge is 0.416 e. The number of carbonyl (C=O) groups excluding carboxylic acids is 1. The Morgan fingerprint density at radius 3 is 2.30 bits per heavy atom. The van der Waals surface area contributed by atoms with Gasteiger partial charge in [-0.1, -0.05) is 0 Å². The standard InChI is InChI=1S/C29H24F3N7O4/c30-29(31,32)20-4-6-21(7-5-20)39-24-23(16-36-39)26(41)38(18-35-24)17-28(42)10-14-37(15-11-28)25(40)19-2-8-22(9-3-19)43-27-33-12-1-13-34-27/h1-9,12-13,16,18,42H,10-11,14-15,17H2. The summed E-state index contributed by atoms with van der Waals surface area (Å²) in [6, 6.07) is 12.8. The molecule has 43 heavy (non-hydrogen) atoms. The Morgan fingerprint density at radius 2 is 1.65 bits per heavy atom. The first-order valence-corrected chi connectivity index (χ1v) is 13.3. The molecule has 0 bridgehead atoms. The van der Waals surface area contributed by atoms with Gasteiger partial charge in [0.1, 0.15) is 17.5 Å². The number of alkyl halides is 3. The first kappa shape index (κ1) is 28.0. The Morgan fingerprint density at radius 1 is 0.977 bits per heavy atom. The van der Waals surface area contributed by atoms with Crippen LogP contribution in [0.3, 0.4) is 0 Å². The number of hydrogen-bond donors (Lipinski definition) is 1. The highest BCUT2D eigenvalue weighted by molar-refractivity contribution is 5.94. The molecule has 14 heteroatoms. The summed E-state index contributed by atoms with van der Waals surface area (Å²) in [6.45, 7) is 0.513. The van der Waals surface area contributed by atoms with E-state index in [1.165, 1.54) is 33.9 Å². The van der Waals surface area contributed by atoms with Gasteiger partial charge in [-0.05, 0) is 67.4 Å². The van der Waals surface area contributed by atoms with E-state index in [0.717, 1.165) is 12.1 Å². The summed E-state index contributed by atoms with van der Waals surface area (Å²) in [4.78, 5) is 40.2. The Hall–Kier alpha value is -5.11. The van der Waals surface area contributed by atoms with Crippen LogP contribution in [0.2, 0.25) is 0 Å². The molecular formula is C29H24F3N7O4. The second-order valence-electron chi connectivity index (χ2n) is 10.2. The third kappa shape index (κ3) is 5.81. The fourth-order valence-corrected chi connectivity index (χ4v) is 4.93. The second-order valence-corrected chi connectivity index (χ2v) is 10.2. The summed E-state index contributed by atoms with van der Waals surface area (Å²) >= 11 is 0. The molecule has 2 aromatic carbocycles. The molecule has 220 valence electrons. The molecule has 3 aromatic heterocycles. The Balaban J connectivity index is 1.11. The molecule has 1 N–H and O–H groups in total. The Bertz CT molecular complexity index is 1810. The number of halogens is 3. The van der Waals surface area contributed by atoms with Crippen LogP contribution in [0, 0.1) is 0 Å². The number of amides is 1. The second kappa shape index (κ2) is 10.9. The molecular weight excluding hydrogens is 567 g/mol. The fourth-order valence-electron chi connectivity index (χ4n) is 4.93. The maximum atomic E-state index is 13.2. The van der Waals surface area contributed by atoms with Crippen molar-refractivity contribution in [2.24, 2.45) is 0 Å². The number of fused-ring (bicyclic) bond motifs is 1. The van der Waals surface area contributed by atoms with Gasteiger partial charge in [-0.3, -0.25) is 14.2 Å². The van der Waals surface area contributed by atoms with Crippen LogP contribution in [0.25, 0.3) is 16.7 Å². The summed E-state index contributed by atoms with van der Waals surface area (Å²) in [7, 11) is 0. The van der Waals surface area contributed by atoms with Crippen molar-refractivity contribution in [3.05, 3.63) is 101 Å². The lowest BCUT2D eigenvalue weighted by molar-refractivity contribution is -0.137. The summed E-state index contributed by atoms with van der Waals surface area (Å²) in [5, 5.41) is 15.6. The van der Waals surface area contributed by atoms with Gasteiger partial charge in [0, 0.05) is 31.0 Å². The zero-order valence-corrected chi connectivity index (χ0v) is 22.5. The summed E-state index contributed by atoms with van der Waals surface area (Å²) in [5.41, 5.74) is -1.55. The molecule has 0 saturated carbocycles. The monoisotopic (exact) mass is 591 g/mol. The van der Waals surface area contributed by atoms with Crippen molar-refractivity contribution in [1.82, 2.24) is 34.2 Å². The topological polar surface area (TPSA) is 128 Å². The largest absolute Gasteiger partial charge is 0.424 e. The third-order valence-corrected chi connectivity index (χ3v) is 7.29. The molecule has 0 atom stereocenters. The minimum Gasteiger partial charge on any atom is -0.424 e. The summed E-state index contributed by atoms with van der Waals surface area (Å²) in [6.07, 6.45) is 1.70. The van der Waals surface area contributed by atoms with E-state index >= 15 is 0 Å². The number of rotatable bonds is 6. The Labute approximate surface area is 241 Å². The molecule has 0 aliphatic carbocycles. The average molecular weight is 592 g/mol. The van der Waals surface area contributed by atoms with Gasteiger partial charge in [0.25, 0.3) is 11.5 Å². The molecule has 6 rings (SSSR count). The zero-order chi connectivity index (χ0) is 30.2. The van der Waals surface area contributed by atoms with E-state index in [1.54, 1.807) is 47.6 Å². The lowest BCUT2D eigenvalue weighted by Crippen LogP contribution is -2.49. The number of hydrogen-bond acceptors (Lipinski definition) is 8. The molecule has 0 unspecified atom stereocenters. The number of ether oxygens (including phenoxy) is 1. The van der Waals surface area contributed by atoms with Crippen LogP contribution < -0.4 is 10.3 Å². The van der Waals surface area contributed by atoms with Crippen molar-refractivity contribution in [2.75, 3.05) is 13.1 Å². The van der Waals surface area contributed by atoms with Crippen molar-refractivity contribution < 1.29 is 27.8 Å². The maximum absolute atomic E-state index is 13.2. The van der Waals surface area contributed by atoms with E-state index in [2.05, 4.69) is 20.1 Å². The SMILES string of the molecule is O=C(c1ccc(Oc2ncccn2)cc1)N1CCC(O)(Cn2cnc3c(cnn3-c3ccc(C(F)(F)F)cc3)c2=O)CC1. The zero-order valence-electron chi connectivity index (χ0n) is 22.5. The predicted octanol–water partition coefficient (Wildman–Crippen LogP) is 3.85. The minimum absolute atomic E-state index is 0.0458. The van der Waals surface area contributed by atoms with Crippen molar-refractivity contribution in [3.8, 4) is 17.4 Å². The molecule has 11 nitrogen and oxygen atoms in total. The number of aliphatic hydroxyl groups is 1. The molecule has 1 aliphatic rings. The van der Waals surface area contributed by atoms with Gasteiger partial charge < -0.3 is 14.7 Å². The van der Waals surface area contributed by atoms with Crippen LogP contribution >= 0.6 is 0 Å². The lowest BCUT2D eigenvalue weighted by Gasteiger charge is -2.38. The molecule has 1 saturated heterocycles. The van der Waals surface area contributed by atoms with E-state index in [-0.39, 0.29) is 55.4 Å². The van der Waals surface area contributed by atoms with Gasteiger partial charge in [0.2, 0.25) is 0 Å². The average Bonchev–Trinajstić information content (AvgIpc) is 3.44. The highest BCUT2D eigenvalue weighted by atomic mass is 19.4. The number of nitrogens with zero attached hydrogens (tertiary/aromatic N) is 7. The number of benzene rings is 2. The van der Waals surface area contributed by atoms with E-state index in [9.17, 15) is 27.9 Å². The molecule has 4 heterocycles. The van der Waals surface area contributed by atoms with E-state index in [0.29, 0.717) is 17.0 Å². The molecule has 1 amide bonds. The van der Waals surface area contributed by atoms with E-state index in [1.807, 2.05) is 0 Å². The Kier molecular flexibility index (Phi) is 7.13. The summed E-state index contributed by atoms with van der Waals surface area (Å²) in [5.74, 6) is 0.289. The van der Waals surface area contributed by atoms with Crippen molar-refractivity contribution in [2.45, 2.75) is 31.2 Å². The van der Waals surface area contributed by atoms with Crippen LogP contribution in [0.4, 0.5) is 13.2 Å². The van der Waals surface area contributed by atoms with Gasteiger partial charge in [0.05, 0.1) is 29.6 Å². The molecule has 1 fully saturated rings. The highest BCUT2D eigenvalue weighted by Gasteiger charge is 2.35. The highest BCUT2D eigenvalue weighted by Crippen LogP contribution is 2.30. The number of carbonyl (C=O) groups is 1. The van der Waals surface area contributed by atoms with Crippen LogP contribution in [0.1, 0.15) is 28.8 Å². The quantitative estimate of drug-likeness (QED) is 0.316. The van der Waals surface area contributed by atoms with Gasteiger partial charge in [-0.15, -0.1) is 0 Å². The first-order valence-electron chi connectivity index (χ1n) is 13.3.